The van der Waals surface area contributed by atoms with E-state index in [0.717, 1.165) is 0 Å². The van der Waals surface area contributed by atoms with Crippen molar-refractivity contribution in [3.63, 3.8) is 0 Å². The molecule has 1 heterocycles. The Balaban J connectivity index is 2.40. The standard InChI is InChI=1S/C15H14O5/c1-3-19-14(16)7-4-10-9-20-13-8-11(18-2)5-6-12(13)15(10)17/h4-9H,3H2,1-2H3/b7-4+. The molecule has 5 nitrogen and oxygen atoms in total. The third-order valence-corrected chi connectivity index (χ3v) is 2.69. The normalized spacial score (nSPS) is 10.9. The molecule has 0 amide bonds. The summed E-state index contributed by atoms with van der Waals surface area (Å²) in [5, 5.41) is 0.428. The Labute approximate surface area is 115 Å². The summed E-state index contributed by atoms with van der Waals surface area (Å²) < 4.78 is 15.2. The van der Waals surface area contributed by atoms with Crippen molar-refractivity contribution in [2.45, 2.75) is 6.92 Å². The Morgan fingerprint density at radius 1 is 1.40 bits per heavy atom. The molecule has 2 aromatic rings. The molecule has 0 spiro atoms. The second kappa shape index (κ2) is 6.06. The summed E-state index contributed by atoms with van der Waals surface area (Å²) in [6.07, 6.45) is 3.89. The van der Waals surface area contributed by atoms with Crippen LogP contribution in [-0.2, 0) is 9.53 Å². The minimum absolute atomic E-state index is 0.213. The lowest BCUT2D eigenvalue weighted by Gasteiger charge is -2.02. The largest absolute Gasteiger partial charge is 0.497 e. The van der Waals surface area contributed by atoms with E-state index < -0.39 is 5.97 Å². The summed E-state index contributed by atoms with van der Waals surface area (Å²) in [7, 11) is 1.54. The smallest absolute Gasteiger partial charge is 0.330 e. The maximum absolute atomic E-state index is 12.2. The van der Waals surface area contributed by atoms with Crippen LogP contribution in [0.15, 0.2) is 39.7 Å². The average molecular weight is 274 g/mol. The first-order chi connectivity index (χ1) is 9.65. The Morgan fingerprint density at radius 2 is 2.20 bits per heavy atom. The van der Waals surface area contributed by atoms with Crippen molar-refractivity contribution < 1.29 is 18.7 Å². The molecular weight excluding hydrogens is 260 g/mol. The van der Waals surface area contributed by atoms with E-state index in [9.17, 15) is 9.59 Å². The Morgan fingerprint density at radius 3 is 2.90 bits per heavy atom. The van der Waals surface area contributed by atoms with Crippen molar-refractivity contribution >= 4 is 23.0 Å². The molecule has 0 aliphatic heterocycles. The number of rotatable bonds is 4. The van der Waals surface area contributed by atoms with E-state index in [-0.39, 0.29) is 17.6 Å². The third kappa shape index (κ3) is 2.88. The van der Waals surface area contributed by atoms with Crippen molar-refractivity contribution in [1.29, 1.82) is 0 Å². The van der Waals surface area contributed by atoms with E-state index in [0.29, 0.717) is 16.7 Å². The van der Waals surface area contributed by atoms with Crippen LogP contribution in [0.3, 0.4) is 0 Å². The molecule has 1 aromatic carbocycles. The zero-order valence-corrected chi connectivity index (χ0v) is 11.2. The topological polar surface area (TPSA) is 65.7 Å². The molecule has 0 aliphatic carbocycles. The van der Waals surface area contributed by atoms with E-state index in [1.807, 2.05) is 0 Å². The summed E-state index contributed by atoms with van der Waals surface area (Å²) in [5.41, 5.74) is 0.507. The minimum atomic E-state index is -0.498. The van der Waals surface area contributed by atoms with Crippen molar-refractivity contribution in [1.82, 2.24) is 0 Å². The quantitative estimate of drug-likeness (QED) is 0.632. The van der Waals surface area contributed by atoms with Crippen LogP contribution in [0.5, 0.6) is 5.75 Å². The number of hydrogen-bond donors (Lipinski definition) is 0. The van der Waals surface area contributed by atoms with Gasteiger partial charge in [0.2, 0.25) is 0 Å². The summed E-state index contributed by atoms with van der Waals surface area (Å²) in [4.78, 5) is 23.4. The molecule has 0 saturated carbocycles. The lowest BCUT2D eigenvalue weighted by molar-refractivity contribution is -0.137. The van der Waals surface area contributed by atoms with Gasteiger partial charge in [-0.1, -0.05) is 0 Å². The highest BCUT2D eigenvalue weighted by Gasteiger charge is 2.06. The fraction of sp³-hybridized carbons (Fsp3) is 0.200. The molecule has 104 valence electrons. The molecule has 0 aliphatic rings. The Bertz CT molecular complexity index is 712. The first-order valence-electron chi connectivity index (χ1n) is 6.10. The summed E-state index contributed by atoms with van der Waals surface area (Å²) in [6.45, 7) is 2.00. The Kier molecular flexibility index (Phi) is 4.20. The maximum Gasteiger partial charge on any atom is 0.330 e. The highest BCUT2D eigenvalue weighted by molar-refractivity contribution is 5.88. The third-order valence-electron chi connectivity index (χ3n) is 2.69. The number of benzene rings is 1. The minimum Gasteiger partial charge on any atom is -0.497 e. The van der Waals surface area contributed by atoms with E-state index in [1.54, 1.807) is 25.1 Å². The fourth-order valence-corrected chi connectivity index (χ4v) is 1.71. The van der Waals surface area contributed by atoms with Crippen LogP contribution in [0.4, 0.5) is 0 Å². The first kappa shape index (κ1) is 13.9. The van der Waals surface area contributed by atoms with Crippen molar-refractivity contribution in [3.8, 4) is 5.75 Å². The first-order valence-corrected chi connectivity index (χ1v) is 6.10. The van der Waals surface area contributed by atoms with Gasteiger partial charge in [-0.3, -0.25) is 4.79 Å². The van der Waals surface area contributed by atoms with Crippen LogP contribution in [0.2, 0.25) is 0 Å². The summed E-state index contributed by atoms with van der Waals surface area (Å²) >= 11 is 0. The average Bonchev–Trinajstić information content (AvgIpc) is 2.46. The number of ether oxygens (including phenoxy) is 2. The molecule has 0 N–H and O–H groups in total. The highest BCUT2D eigenvalue weighted by Crippen LogP contribution is 2.19. The fourth-order valence-electron chi connectivity index (χ4n) is 1.71. The molecular formula is C15H14O5. The van der Waals surface area contributed by atoms with Gasteiger partial charge in [0, 0.05) is 12.1 Å². The summed E-state index contributed by atoms with van der Waals surface area (Å²) in [6, 6.07) is 4.94. The second-order valence-corrected chi connectivity index (χ2v) is 3.97. The van der Waals surface area contributed by atoms with E-state index in [2.05, 4.69) is 0 Å². The van der Waals surface area contributed by atoms with Crippen LogP contribution in [0, 0.1) is 0 Å². The zero-order valence-electron chi connectivity index (χ0n) is 11.2. The van der Waals surface area contributed by atoms with Crippen molar-refractivity contribution in [3.05, 3.63) is 46.3 Å². The lowest BCUT2D eigenvalue weighted by Crippen LogP contribution is -2.06. The predicted octanol–water partition coefficient (Wildman–Crippen LogP) is 2.38. The van der Waals surface area contributed by atoms with Crippen molar-refractivity contribution in [2.24, 2.45) is 0 Å². The molecule has 20 heavy (non-hydrogen) atoms. The molecule has 0 bridgehead atoms. The van der Waals surface area contributed by atoms with E-state index in [4.69, 9.17) is 13.9 Å². The maximum atomic E-state index is 12.2. The van der Waals surface area contributed by atoms with Gasteiger partial charge in [0.05, 0.1) is 24.7 Å². The number of esters is 1. The molecule has 1 aromatic heterocycles. The molecule has 2 rings (SSSR count). The second-order valence-electron chi connectivity index (χ2n) is 3.97. The molecule has 0 saturated heterocycles. The van der Waals surface area contributed by atoms with Crippen molar-refractivity contribution in [2.75, 3.05) is 13.7 Å². The van der Waals surface area contributed by atoms with Gasteiger partial charge in [-0.15, -0.1) is 0 Å². The lowest BCUT2D eigenvalue weighted by atomic mass is 10.1. The van der Waals surface area contributed by atoms with Gasteiger partial charge in [-0.2, -0.15) is 0 Å². The number of hydrogen-bond acceptors (Lipinski definition) is 5. The van der Waals surface area contributed by atoms with E-state index >= 15 is 0 Å². The monoisotopic (exact) mass is 274 g/mol. The van der Waals surface area contributed by atoms with Gasteiger partial charge in [-0.25, -0.2) is 4.79 Å². The molecule has 0 unspecified atom stereocenters. The van der Waals surface area contributed by atoms with Gasteiger partial charge in [0.1, 0.15) is 17.6 Å². The van der Waals surface area contributed by atoms with Gasteiger partial charge >= 0.3 is 5.97 Å². The summed E-state index contributed by atoms with van der Waals surface area (Å²) in [5.74, 6) is 0.109. The van der Waals surface area contributed by atoms with Gasteiger partial charge in [0.25, 0.3) is 0 Å². The number of methoxy groups -OCH3 is 1. The molecule has 0 fully saturated rings. The highest BCUT2D eigenvalue weighted by atomic mass is 16.5. The SMILES string of the molecule is CCOC(=O)/C=C/c1coc2cc(OC)ccc2c1=O. The number of carbonyl (C=O) groups is 1. The van der Waals surface area contributed by atoms with Crippen LogP contribution >= 0.6 is 0 Å². The van der Waals surface area contributed by atoms with Gasteiger partial charge in [-0.05, 0) is 25.1 Å². The molecule has 0 atom stereocenters. The van der Waals surface area contributed by atoms with Gasteiger partial charge < -0.3 is 13.9 Å². The van der Waals surface area contributed by atoms with Crippen LogP contribution in [-0.4, -0.2) is 19.7 Å². The van der Waals surface area contributed by atoms with Crippen LogP contribution in [0.25, 0.3) is 17.0 Å². The van der Waals surface area contributed by atoms with E-state index in [1.165, 1.54) is 25.5 Å². The molecule has 0 radical (unpaired) electrons. The zero-order chi connectivity index (χ0) is 14.5. The number of carbonyl (C=O) groups excluding carboxylic acids is 1. The number of fused-ring (bicyclic) bond motifs is 1. The van der Waals surface area contributed by atoms with Gasteiger partial charge in [0.15, 0.2) is 5.43 Å². The van der Waals surface area contributed by atoms with Crippen LogP contribution < -0.4 is 10.2 Å². The Hall–Kier alpha value is -2.56. The molecule has 5 heteroatoms. The van der Waals surface area contributed by atoms with Crippen LogP contribution in [0.1, 0.15) is 12.5 Å². The predicted molar refractivity (Wildman–Crippen MR) is 74.7 cm³/mol.